The number of alkyl halides is 3. The quantitative estimate of drug-likeness (QED) is 0.581. The Bertz CT molecular complexity index is 708. The molecule has 0 amide bonds. The summed E-state index contributed by atoms with van der Waals surface area (Å²) < 4.78 is 44.1. The average Bonchev–Trinajstić information content (AvgIpc) is 2.54. The van der Waals surface area contributed by atoms with E-state index in [4.69, 9.17) is 15.9 Å². The van der Waals surface area contributed by atoms with E-state index in [0.29, 0.717) is 12.3 Å². The van der Waals surface area contributed by atoms with E-state index in [0.717, 1.165) is 11.6 Å². The van der Waals surface area contributed by atoms with E-state index in [1.165, 1.54) is 19.0 Å². The fraction of sp³-hybridized carbons (Fsp3) is 0.294. The molecule has 1 aromatic rings. The lowest BCUT2D eigenvalue weighted by atomic mass is 10.0. The van der Waals surface area contributed by atoms with Crippen molar-refractivity contribution in [2.45, 2.75) is 19.6 Å². The fourth-order valence-corrected chi connectivity index (χ4v) is 2.20. The molecule has 0 aliphatic heterocycles. The predicted molar refractivity (Wildman–Crippen MR) is 92.8 cm³/mol. The van der Waals surface area contributed by atoms with E-state index in [1.54, 1.807) is 13.1 Å². The van der Waals surface area contributed by atoms with Crippen LogP contribution >= 0.6 is 0 Å². The Labute approximate surface area is 144 Å². The first-order chi connectivity index (χ1) is 11.6. The zero-order chi connectivity index (χ0) is 19.2. The summed E-state index contributed by atoms with van der Waals surface area (Å²) in [5.74, 6) is 0.645. The monoisotopic (exact) mass is 354 g/mol. The number of nitrogens with zero attached hydrogens (tertiary/aromatic N) is 2. The first-order valence-corrected chi connectivity index (χ1v) is 7.28. The van der Waals surface area contributed by atoms with Gasteiger partial charge in [-0.3, -0.25) is 5.01 Å². The largest absolute Gasteiger partial charge is 0.496 e. The Morgan fingerprint density at radius 2 is 2.00 bits per heavy atom. The molecule has 136 valence electrons. The first-order valence-electron chi connectivity index (χ1n) is 7.28. The van der Waals surface area contributed by atoms with Crippen molar-refractivity contribution in [3.63, 3.8) is 0 Å². The summed E-state index contributed by atoms with van der Waals surface area (Å²) in [5.41, 5.74) is 3.67. The summed E-state index contributed by atoms with van der Waals surface area (Å²) in [6, 6.07) is 7.24. The van der Waals surface area contributed by atoms with Gasteiger partial charge in [-0.1, -0.05) is 24.8 Å². The molecular formula is C17H21F3N4O. The lowest BCUT2D eigenvalue weighted by Crippen LogP contribution is -2.27. The highest BCUT2D eigenvalue weighted by atomic mass is 19.4. The molecule has 0 aromatic heterocycles. The van der Waals surface area contributed by atoms with Crippen molar-refractivity contribution in [3.05, 3.63) is 53.8 Å². The number of benzene rings is 1. The van der Waals surface area contributed by atoms with Gasteiger partial charge in [0.1, 0.15) is 11.4 Å². The normalized spacial score (nSPS) is 13.1. The Kier molecular flexibility index (Phi) is 6.78. The van der Waals surface area contributed by atoms with Crippen molar-refractivity contribution in [2.24, 2.45) is 10.8 Å². The van der Waals surface area contributed by atoms with Gasteiger partial charge in [0.15, 0.2) is 0 Å². The van der Waals surface area contributed by atoms with Crippen LogP contribution < -0.4 is 10.5 Å². The van der Waals surface area contributed by atoms with Gasteiger partial charge in [-0.05, 0) is 19.1 Å². The number of hydrazone groups is 1. The molecule has 0 aliphatic rings. The molecule has 0 heterocycles. The van der Waals surface area contributed by atoms with Gasteiger partial charge in [0.25, 0.3) is 0 Å². The molecule has 1 aromatic carbocycles. The molecule has 0 aliphatic carbocycles. The van der Waals surface area contributed by atoms with Gasteiger partial charge in [0.05, 0.1) is 30.7 Å². The molecule has 25 heavy (non-hydrogen) atoms. The predicted octanol–water partition coefficient (Wildman–Crippen LogP) is 3.48. The first kappa shape index (κ1) is 20.3. The van der Waals surface area contributed by atoms with Crippen molar-refractivity contribution in [3.8, 4) is 5.75 Å². The summed E-state index contributed by atoms with van der Waals surface area (Å²) in [4.78, 5) is 0. The molecule has 0 atom stereocenters. The highest BCUT2D eigenvalue weighted by Crippen LogP contribution is 2.26. The van der Waals surface area contributed by atoms with E-state index in [2.05, 4.69) is 11.7 Å². The topological polar surface area (TPSA) is 74.7 Å². The number of allylic oxidation sites excluding steroid dienone is 3. The third kappa shape index (κ3) is 5.37. The minimum Gasteiger partial charge on any atom is -0.496 e. The van der Waals surface area contributed by atoms with E-state index >= 15 is 0 Å². The number of rotatable bonds is 7. The molecule has 3 N–H and O–H groups in total. The summed E-state index contributed by atoms with van der Waals surface area (Å²) in [6.07, 6.45) is -3.77. The van der Waals surface area contributed by atoms with Crippen molar-refractivity contribution in [1.82, 2.24) is 5.01 Å². The number of nitrogens with two attached hydrogens (primary N) is 1. The van der Waals surface area contributed by atoms with Crippen LogP contribution in [0.4, 0.5) is 13.2 Å². The summed E-state index contributed by atoms with van der Waals surface area (Å²) in [7, 11) is 3.14. The van der Waals surface area contributed by atoms with Crippen LogP contribution in [0.2, 0.25) is 0 Å². The highest BCUT2D eigenvalue weighted by Gasteiger charge is 2.35. The molecule has 5 nitrogen and oxygen atoms in total. The summed E-state index contributed by atoms with van der Waals surface area (Å²) >= 11 is 0. The van der Waals surface area contributed by atoms with Crippen LogP contribution in [0.25, 0.3) is 0 Å². The molecule has 8 heteroatoms. The van der Waals surface area contributed by atoms with E-state index in [-0.39, 0.29) is 5.71 Å². The molecule has 0 radical (unpaired) electrons. The van der Waals surface area contributed by atoms with Crippen LogP contribution in [0, 0.1) is 5.41 Å². The van der Waals surface area contributed by atoms with Gasteiger partial charge in [0, 0.05) is 12.6 Å². The molecule has 0 saturated heterocycles. The zero-order valence-electron chi connectivity index (χ0n) is 14.3. The van der Waals surface area contributed by atoms with Crippen LogP contribution in [0.5, 0.6) is 5.75 Å². The van der Waals surface area contributed by atoms with Gasteiger partial charge >= 0.3 is 6.18 Å². The number of halogens is 3. The number of nitrogens with one attached hydrogen (secondary N) is 1. The van der Waals surface area contributed by atoms with Gasteiger partial charge in [-0.25, -0.2) is 0 Å². The van der Waals surface area contributed by atoms with Crippen LogP contribution in [0.1, 0.15) is 12.5 Å². The molecule has 0 fully saturated rings. The van der Waals surface area contributed by atoms with Gasteiger partial charge in [-0.15, -0.1) is 0 Å². The number of para-hydroxylation sites is 1. The Balaban J connectivity index is 3.18. The lowest BCUT2D eigenvalue weighted by Gasteiger charge is -2.19. The Hall–Kier alpha value is -2.77. The van der Waals surface area contributed by atoms with Crippen LogP contribution in [-0.4, -0.2) is 36.8 Å². The molecule has 0 saturated carbocycles. The van der Waals surface area contributed by atoms with Crippen LogP contribution in [-0.2, 0) is 6.54 Å². The smallest absolute Gasteiger partial charge is 0.431 e. The average molecular weight is 354 g/mol. The minimum atomic E-state index is -4.76. The van der Waals surface area contributed by atoms with E-state index in [9.17, 15) is 13.2 Å². The SMILES string of the molecule is C=CC(=N)C(/C(C)=N\N(C)Cc1ccccc1OC)=C(\N)C(F)(F)F. The molecule has 0 spiro atoms. The fourth-order valence-electron chi connectivity index (χ4n) is 2.20. The summed E-state index contributed by atoms with van der Waals surface area (Å²) in [5, 5.41) is 13.3. The van der Waals surface area contributed by atoms with Crippen molar-refractivity contribution >= 4 is 11.4 Å². The maximum atomic E-state index is 12.9. The maximum absolute atomic E-state index is 12.9. The lowest BCUT2D eigenvalue weighted by molar-refractivity contribution is -0.0928. The number of ether oxygens (including phenoxy) is 1. The summed E-state index contributed by atoms with van der Waals surface area (Å²) in [6.45, 7) is 5.00. The third-order valence-electron chi connectivity index (χ3n) is 3.32. The second kappa shape index (κ2) is 8.36. The standard InChI is InChI=1S/C17H21F3N4O/c1-5-13(21)15(16(22)17(18,19)20)11(2)23-24(3)10-12-8-6-7-9-14(12)25-4/h5-9,21H,1,10,22H2,2-4H3/b16-15-,21-13?,23-11-. The van der Waals surface area contributed by atoms with Crippen molar-refractivity contribution in [2.75, 3.05) is 14.2 Å². The zero-order valence-corrected chi connectivity index (χ0v) is 14.3. The third-order valence-corrected chi connectivity index (χ3v) is 3.32. The molecular weight excluding hydrogens is 333 g/mol. The van der Waals surface area contributed by atoms with Gasteiger partial charge < -0.3 is 15.9 Å². The minimum absolute atomic E-state index is 0.0304. The number of hydrogen-bond acceptors (Lipinski definition) is 5. The maximum Gasteiger partial charge on any atom is 0.431 e. The van der Waals surface area contributed by atoms with Crippen molar-refractivity contribution in [1.29, 1.82) is 5.41 Å². The van der Waals surface area contributed by atoms with Crippen LogP contribution in [0.3, 0.4) is 0 Å². The second-order valence-electron chi connectivity index (χ2n) is 5.22. The Morgan fingerprint density at radius 3 is 2.52 bits per heavy atom. The number of methoxy groups -OCH3 is 1. The molecule has 1 rings (SSSR count). The van der Waals surface area contributed by atoms with Gasteiger partial charge in [0.2, 0.25) is 0 Å². The highest BCUT2D eigenvalue weighted by molar-refractivity contribution is 6.26. The van der Waals surface area contributed by atoms with Crippen molar-refractivity contribution < 1.29 is 17.9 Å². The number of hydrogen-bond donors (Lipinski definition) is 2. The second-order valence-corrected chi connectivity index (χ2v) is 5.22. The van der Waals surface area contributed by atoms with E-state index < -0.39 is 23.2 Å². The Morgan fingerprint density at radius 1 is 1.40 bits per heavy atom. The van der Waals surface area contributed by atoms with Gasteiger partial charge in [-0.2, -0.15) is 18.3 Å². The molecule has 0 unspecified atom stereocenters. The van der Waals surface area contributed by atoms with Crippen LogP contribution in [0.15, 0.2) is 53.3 Å². The molecule has 0 bridgehead atoms. The van der Waals surface area contributed by atoms with E-state index in [1.807, 2.05) is 18.2 Å².